The molecule has 0 saturated carbocycles. The molecule has 0 spiro atoms. The molecule has 160 valence electrons. The van der Waals surface area contributed by atoms with Gasteiger partial charge in [0, 0.05) is 5.56 Å². The molecule has 30 heavy (non-hydrogen) atoms. The Hall–Kier alpha value is -2.56. The third-order valence-electron chi connectivity index (χ3n) is 4.25. The lowest BCUT2D eigenvalue weighted by Crippen LogP contribution is -2.10. The van der Waals surface area contributed by atoms with E-state index in [-0.39, 0.29) is 22.0 Å². The number of alkyl halides is 3. The minimum atomic E-state index is -4.68. The standard InChI is InChI=1S/C19H16ClF3N2O4S/c1-29-17-10-12(2-7-15(17)20)16-11-18(19(21,22)23)24-25(16)13-3-5-14(6-4-13)30(27,28)9-8-26/h2-7,10-11,26H,8-9H2,1H3. The summed E-state index contributed by atoms with van der Waals surface area (Å²) < 4.78 is 70.2. The molecule has 2 aromatic carbocycles. The molecule has 11 heteroatoms. The number of aliphatic hydroxyl groups excluding tert-OH is 1. The number of sulfone groups is 1. The summed E-state index contributed by atoms with van der Waals surface area (Å²) in [7, 11) is -2.31. The van der Waals surface area contributed by atoms with Crippen molar-refractivity contribution in [2.24, 2.45) is 0 Å². The van der Waals surface area contributed by atoms with Gasteiger partial charge in [-0.1, -0.05) is 17.7 Å². The van der Waals surface area contributed by atoms with Crippen LogP contribution in [0.5, 0.6) is 5.75 Å². The van der Waals surface area contributed by atoms with Gasteiger partial charge in [0.2, 0.25) is 0 Å². The molecular formula is C19H16ClF3N2O4S. The van der Waals surface area contributed by atoms with Gasteiger partial charge in [0.05, 0.1) is 40.8 Å². The number of methoxy groups -OCH3 is 1. The summed E-state index contributed by atoms with van der Waals surface area (Å²) in [5, 5.41) is 12.8. The molecule has 0 aliphatic heterocycles. The second-order valence-corrected chi connectivity index (χ2v) is 8.73. The number of aromatic nitrogens is 2. The lowest BCUT2D eigenvalue weighted by molar-refractivity contribution is -0.141. The van der Waals surface area contributed by atoms with Gasteiger partial charge in [-0.15, -0.1) is 0 Å². The van der Waals surface area contributed by atoms with E-state index in [4.69, 9.17) is 21.4 Å². The van der Waals surface area contributed by atoms with Crippen molar-refractivity contribution < 1.29 is 31.4 Å². The van der Waals surface area contributed by atoms with E-state index in [0.29, 0.717) is 10.6 Å². The number of rotatable bonds is 6. The number of nitrogens with zero attached hydrogens (tertiary/aromatic N) is 2. The first kappa shape index (κ1) is 22.1. The fraction of sp³-hybridized carbons (Fsp3) is 0.211. The largest absolute Gasteiger partial charge is 0.495 e. The normalized spacial score (nSPS) is 12.2. The van der Waals surface area contributed by atoms with E-state index >= 15 is 0 Å². The smallest absolute Gasteiger partial charge is 0.435 e. The van der Waals surface area contributed by atoms with E-state index in [1.807, 2.05) is 0 Å². The van der Waals surface area contributed by atoms with Crippen molar-refractivity contribution in [2.75, 3.05) is 19.5 Å². The van der Waals surface area contributed by atoms with E-state index in [0.717, 1.165) is 10.7 Å². The quantitative estimate of drug-likeness (QED) is 0.601. The van der Waals surface area contributed by atoms with Crippen LogP contribution in [0.1, 0.15) is 5.69 Å². The summed E-state index contributed by atoms with van der Waals surface area (Å²) in [6.45, 7) is -0.541. The first-order chi connectivity index (χ1) is 14.1. The van der Waals surface area contributed by atoms with E-state index in [2.05, 4.69) is 5.10 Å². The van der Waals surface area contributed by atoms with E-state index in [1.54, 1.807) is 0 Å². The van der Waals surface area contributed by atoms with Gasteiger partial charge in [-0.2, -0.15) is 18.3 Å². The third kappa shape index (κ3) is 4.45. The summed E-state index contributed by atoms with van der Waals surface area (Å²) in [6, 6.07) is 10.6. The van der Waals surface area contributed by atoms with Crippen LogP contribution in [-0.4, -0.2) is 42.8 Å². The van der Waals surface area contributed by atoms with Gasteiger partial charge < -0.3 is 9.84 Å². The molecule has 0 atom stereocenters. The number of halogens is 4. The van der Waals surface area contributed by atoms with Gasteiger partial charge in [0.15, 0.2) is 15.5 Å². The molecule has 1 N–H and O–H groups in total. The zero-order chi connectivity index (χ0) is 22.1. The summed E-state index contributed by atoms with van der Waals surface area (Å²) in [5.74, 6) is -0.178. The van der Waals surface area contributed by atoms with Gasteiger partial charge in [-0.05, 0) is 42.5 Å². The van der Waals surface area contributed by atoms with Crippen LogP contribution in [0.15, 0.2) is 53.4 Å². The van der Waals surface area contributed by atoms with Crippen LogP contribution in [0.2, 0.25) is 5.02 Å². The lowest BCUT2D eigenvalue weighted by Gasteiger charge is -2.11. The molecule has 3 aromatic rings. The number of ether oxygens (including phenoxy) is 1. The van der Waals surface area contributed by atoms with Crippen LogP contribution in [0.25, 0.3) is 16.9 Å². The van der Waals surface area contributed by atoms with Crippen LogP contribution in [0.3, 0.4) is 0 Å². The molecule has 6 nitrogen and oxygen atoms in total. The van der Waals surface area contributed by atoms with Crippen LogP contribution >= 0.6 is 11.6 Å². The van der Waals surface area contributed by atoms with Crippen molar-refractivity contribution in [3.63, 3.8) is 0 Å². The van der Waals surface area contributed by atoms with Crippen molar-refractivity contribution in [3.8, 4) is 22.7 Å². The van der Waals surface area contributed by atoms with Crippen molar-refractivity contribution in [2.45, 2.75) is 11.1 Å². The molecule has 0 bridgehead atoms. The van der Waals surface area contributed by atoms with E-state index in [1.165, 1.54) is 49.6 Å². The van der Waals surface area contributed by atoms with Gasteiger partial charge in [-0.25, -0.2) is 13.1 Å². The minimum absolute atomic E-state index is 0.0572. The van der Waals surface area contributed by atoms with Crippen molar-refractivity contribution in [3.05, 3.63) is 59.2 Å². The second kappa shape index (κ2) is 8.29. The van der Waals surface area contributed by atoms with Crippen LogP contribution in [0.4, 0.5) is 13.2 Å². The highest BCUT2D eigenvalue weighted by atomic mass is 35.5. The average Bonchev–Trinajstić information content (AvgIpc) is 3.14. The predicted octanol–water partition coefficient (Wildman–Crippen LogP) is 3.99. The fourth-order valence-corrected chi connectivity index (χ4v) is 4.00. The highest BCUT2D eigenvalue weighted by Crippen LogP contribution is 2.36. The Kier molecular flexibility index (Phi) is 6.11. The molecule has 0 fully saturated rings. The topological polar surface area (TPSA) is 81.4 Å². The Morgan fingerprint density at radius 2 is 1.80 bits per heavy atom. The first-order valence-electron chi connectivity index (χ1n) is 8.52. The molecule has 1 aromatic heterocycles. The number of aliphatic hydroxyl groups is 1. The van der Waals surface area contributed by atoms with Gasteiger partial charge in [0.1, 0.15) is 5.75 Å². The zero-order valence-corrected chi connectivity index (χ0v) is 17.1. The second-order valence-electron chi connectivity index (χ2n) is 6.21. The van der Waals surface area contributed by atoms with Crippen LogP contribution < -0.4 is 4.74 Å². The Bertz CT molecular complexity index is 1160. The molecular weight excluding hydrogens is 445 g/mol. The van der Waals surface area contributed by atoms with Crippen LogP contribution in [0, 0.1) is 0 Å². The van der Waals surface area contributed by atoms with Crippen molar-refractivity contribution in [1.82, 2.24) is 9.78 Å². The van der Waals surface area contributed by atoms with Gasteiger partial charge >= 0.3 is 6.18 Å². The Labute approximate surface area is 175 Å². The fourth-order valence-electron chi connectivity index (χ4n) is 2.77. The summed E-state index contributed by atoms with van der Waals surface area (Å²) >= 11 is 6.00. The lowest BCUT2D eigenvalue weighted by atomic mass is 10.1. The first-order valence-corrected chi connectivity index (χ1v) is 10.5. The molecule has 3 rings (SSSR count). The Morgan fingerprint density at radius 1 is 1.13 bits per heavy atom. The van der Waals surface area contributed by atoms with Gasteiger partial charge in [-0.3, -0.25) is 0 Å². The summed E-state index contributed by atoms with van der Waals surface area (Å²) in [5.41, 5.74) is -0.403. The van der Waals surface area contributed by atoms with Crippen LogP contribution in [-0.2, 0) is 16.0 Å². The third-order valence-corrected chi connectivity index (χ3v) is 6.27. The van der Waals surface area contributed by atoms with Crippen molar-refractivity contribution in [1.29, 1.82) is 0 Å². The summed E-state index contributed by atoms with van der Waals surface area (Å²) in [6.07, 6.45) is -4.68. The number of hydrogen-bond acceptors (Lipinski definition) is 5. The van der Waals surface area contributed by atoms with Crippen molar-refractivity contribution >= 4 is 21.4 Å². The average molecular weight is 461 g/mol. The highest BCUT2D eigenvalue weighted by molar-refractivity contribution is 7.91. The van der Waals surface area contributed by atoms with Gasteiger partial charge in [0.25, 0.3) is 0 Å². The Balaban J connectivity index is 2.14. The molecule has 1 heterocycles. The van der Waals surface area contributed by atoms with E-state index in [9.17, 15) is 21.6 Å². The Morgan fingerprint density at radius 3 is 2.37 bits per heavy atom. The monoisotopic (exact) mass is 460 g/mol. The maximum atomic E-state index is 13.3. The molecule has 0 radical (unpaired) electrons. The maximum Gasteiger partial charge on any atom is 0.435 e. The SMILES string of the molecule is COc1cc(-c2cc(C(F)(F)F)nn2-c2ccc(S(=O)(=O)CCO)cc2)ccc1Cl. The minimum Gasteiger partial charge on any atom is -0.495 e. The molecule has 0 saturated heterocycles. The maximum absolute atomic E-state index is 13.3. The molecule has 0 aliphatic rings. The molecule has 0 amide bonds. The molecule has 0 aliphatic carbocycles. The number of benzene rings is 2. The predicted molar refractivity (Wildman–Crippen MR) is 105 cm³/mol. The zero-order valence-electron chi connectivity index (χ0n) is 15.5. The molecule has 0 unspecified atom stereocenters. The highest BCUT2D eigenvalue weighted by Gasteiger charge is 2.35. The summed E-state index contributed by atoms with van der Waals surface area (Å²) in [4.78, 5) is -0.0572. The van der Waals surface area contributed by atoms with E-state index < -0.39 is 34.1 Å². The number of hydrogen-bond donors (Lipinski definition) is 1.